The summed E-state index contributed by atoms with van der Waals surface area (Å²) in [5, 5.41) is 14.8. The van der Waals surface area contributed by atoms with Crippen molar-refractivity contribution in [2.24, 2.45) is 7.05 Å². The fourth-order valence-corrected chi connectivity index (χ4v) is 3.53. The van der Waals surface area contributed by atoms with Crippen molar-refractivity contribution in [3.05, 3.63) is 46.4 Å². The standard InChI is InChI=1S/C17H21N7O2S/c1-4-23-17(19-20-21-23)27-11-10-14(25)18-15-12(2)22(3)24(16(15)26)13-8-6-5-7-9-13/h5-9H,4,10-11H2,1-3H3,(H,18,25). The molecule has 0 unspecified atom stereocenters. The van der Waals surface area contributed by atoms with Gasteiger partial charge in [-0.25, -0.2) is 9.36 Å². The predicted molar refractivity (Wildman–Crippen MR) is 103 cm³/mol. The molecule has 0 radical (unpaired) electrons. The molecule has 0 saturated carbocycles. The number of benzene rings is 1. The third-order valence-electron chi connectivity index (χ3n) is 4.18. The highest BCUT2D eigenvalue weighted by molar-refractivity contribution is 7.99. The molecule has 0 bridgehead atoms. The number of aryl methyl sites for hydroxylation is 1. The first-order valence-electron chi connectivity index (χ1n) is 8.55. The molecule has 2 aromatic heterocycles. The van der Waals surface area contributed by atoms with E-state index in [0.717, 1.165) is 5.69 Å². The molecule has 1 N–H and O–H groups in total. The number of hydrogen-bond acceptors (Lipinski definition) is 6. The molecule has 3 aromatic rings. The van der Waals surface area contributed by atoms with Crippen molar-refractivity contribution in [3.63, 3.8) is 0 Å². The highest BCUT2D eigenvalue weighted by Crippen LogP contribution is 2.17. The summed E-state index contributed by atoms with van der Waals surface area (Å²) in [5.74, 6) is 0.300. The number of hydrogen-bond donors (Lipinski definition) is 1. The van der Waals surface area contributed by atoms with Crippen LogP contribution in [0.15, 0.2) is 40.3 Å². The quantitative estimate of drug-likeness (QED) is 0.618. The molecule has 0 saturated heterocycles. The summed E-state index contributed by atoms with van der Waals surface area (Å²) < 4.78 is 4.94. The third-order valence-corrected chi connectivity index (χ3v) is 5.14. The number of rotatable bonds is 7. The van der Waals surface area contributed by atoms with Crippen LogP contribution in [0.5, 0.6) is 0 Å². The van der Waals surface area contributed by atoms with Crippen LogP contribution >= 0.6 is 11.8 Å². The lowest BCUT2D eigenvalue weighted by Crippen LogP contribution is -2.23. The van der Waals surface area contributed by atoms with E-state index in [1.807, 2.05) is 37.3 Å². The normalized spacial score (nSPS) is 10.9. The molecule has 2 heterocycles. The van der Waals surface area contributed by atoms with Crippen molar-refractivity contribution < 1.29 is 4.79 Å². The fraction of sp³-hybridized carbons (Fsp3) is 0.353. The second-order valence-electron chi connectivity index (χ2n) is 5.86. The second-order valence-corrected chi connectivity index (χ2v) is 6.92. The molecular formula is C17H21N7O2S. The molecule has 10 heteroatoms. The lowest BCUT2D eigenvalue weighted by Gasteiger charge is -2.07. The van der Waals surface area contributed by atoms with Gasteiger partial charge in [0.05, 0.1) is 11.4 Å². The summed E-state index contributed by atoms with van der Waals surface area (Å²) in [6.45, 7) is 4.42. The van der Waals surface area contributed by atoms with Crippen LogP contribution in [-0.2, 0) is 18.4 Å². The summed E-state index contributed by atoms with van der Waals surface area (Å²) in [4.78, 5) is 25.1. The number of thioether (sulfide) groups is 1. The minimum atomic E-state index is -0.253. The minimum absolute atomic E-state index is 0.218. The monoisotopic (exact) mass is 387 g/mol. The van der Waals surface area contributed by atoms with Crippen LogP contribution in [0.4, 0.5) is 5.69 Å². The maximum absolute atomic E-state index is 12.8. The lowest BCUT2D eigenvalue weighted by molar-refractivity contribution is -0.115. The highest BCUT2D eigenvalue weighted by Gasteiger charge is 2.18. The lowest BCUT2D eigenvalue weighted by atomic mass is 10.3. The molecule has 0 fully saturated rings. The van der Waals surface area contributed by atoms with E-state index in [9.17, 15) is 9.59 Å². The van der Waals surface area contributed by atoms with E-state index in [1.54, 1.807) is 23.3 Å². The molecule has 0 spiro atoms. The van der Waals surface area contributed by atoms with Gasteiger partial charge in [-0.2, -0.15) is 0 Å². The predicted octanol–water partition coefficient (Wildman–Crippen LogP) is 1.61. The first kappa shape index (κ1) is 18.9. The number of carbonyl (C=O) groups is 1. The third kappa shape index (κ3) is 3.95. The van der Waals surface area contributed by atoms with E-state index >= 15 is 0 Å². The Labute approximate surface area is 160 Å². The van der Waals surface area contributed by atoms with Crippen molar-refractivity contribution >= 4 is 23.4 Å². The maximum Gasteiger partial charge on any atom is 0.295 e. The average molecular weight is 387 g/mol. The van der Waals surface area contributed by atoms with Gasteiger partial charge in [-0.15, -0.1) is 5.10 Å². The number of aromatic nitrogens is 6. The van der Waals surface area contributed by atoms with E-state index in [1.165, 1.54) is 16.4 Å². The van der Waals surface area contributed by atoms with E-state index in [2.05, 4.69) is 20.8 Å². The Hall–Kier alpha value is -2.88. The van der Waals surface area contributed by atoms with Crippen molar-refractivity contribution in [1.29, 1.82) is 0 Å². The Morgan fingerprint density at radius 1 is 1.26 bits per heavy atom. The number of nitrogens with zero attached hydrogens (tertiary/aromatic N) is 6. The SMILES string of the molecule is CCn1nnnc1SCCC(=O)Nc1c(C)n(C)n(-c2ccccc2)c1=O. The van der Waals surface area contributed by atoms with Gasteiger partial charge in [-0.3, -0.25) is 14.3 Å². The van der Waals surface area contributed by atoms with Crippen molar-refractivity contribution in [2.75, 3.05) is 11.1 Å². The molecule has 142 valence electrons. The van der Waals surface area contributed by atoms with E-state index in [0.29, 0.717) is 28.8 Å². The van der Waals surface area contributed by atoms with Crippen LogP contribution < -0.4 is 10.9 Å². The summed E-state index contributed by atoms with van der Waals surface area (Å²) in [6.07, 6.45) is 0.250. The van der Waals surface area contributed by atoms with Crippen molar-refractivity contribution in [1.82, 2.24) is 29.6 Å². The molecule has 1 amide bonds. The molecule has 0 aliphatic rings. The number of para-hydroxylation sites is 1. The molecule has 0 aliphatic carbocycles. The summed E-state index contributed by atoms with van der Waals surface area (Å²) in [7, 11) is 1.79. The molecule has 0 aliphatic heterocycles. The van der Waals surface area contributed by atoms with Gasteiger partial charge in [0, 0.05) is 25.8 Å². The number of tetrazole rings is 1. The average Bonchev–Trinajstić information content (AvgIpc) is 3.21. The summed E-state index contributed by atoms with van der Waals surface area (Å²) in [6, 6.07) is 9.31. The topological polar surface area (TPSA) is 99.6 Å². The smallest absolute Gasteiger partial charge is 0.295 e. The van der Waals surface area contributed by atoms with Crippen LogP contribution in [0, 0.1) is 6.92 Å². The number of carbonyl (C=O) groups excluding carboxylic acids is 1. The fourth-order valence-electron chi connectivity index (χ4n) is 2.65. The van der Waals surface area contributed by atoms with Gasteiger partial charge in [-0.1, -0.05) is 30.0 Å². The Kier molecular flexibility index (Phi) is 5.75. The molecule has 9 nitrogen and oxygen atoms in total. The van der Waals surface area contributed by atoms with E-state index < -0.39 is 0 Å². The maximum atomic E-state index is 12.8. The zero-order chi connectivity index (χ0) is 19.4. The van der Waals surface area contributed by atoms with Crippen molar-refractivity contribution in [3.8, 4) is 5.69 Å². The Balaban J connectivity index is 1.69. The summed E-state index contributed by atoms with van der Waals surface area (Å²) in [5.41, 5.74) is 1.49. The van der Waals surface area contributed by atoms with Crippen LogP contribution in [0.25, 0.3) is 5.69 Å². The molecule has 1 aromatic carbocycles. The van der Waals surface area contributed by atoms with Crippen LogP contribution in [0.3, 0.4) is 0 Å². The van der Waals surface area contributed by atoms with Gasteiger partial charge >= 0.3 is 0 Å². The van der Waals surface area contributed by atoms with Crippen LogP contribution in [0.2, 0.25) is 0 Å². The van der Waals surface area contributed by atoms with Gasteiger partial charge in [0.15, 0.2) is 0 Å². The molecule has 3 rings (SSSR count). The van der Waals surface area contributed by atoms with Gasteiger partial charge in [-0.05, 0) is 36.4 Å². The molecule has 0 atom stereocenters. The zero-order valence-corrected chi connectivity index (χ0v) is 16.2. The molecule has 27 heavy (non-hydrogen) atoms. The van der Waals surface area contributed by atoms with Crippen molar-refractivity contribution in [2.45, 2.75) is 32.0 Å². The summed E-state index contributed by atoms with van der Waals surface area (Å²) >= 11 is 1.41. The first-order valence-corrected chi connectivity index (χ1v) is 9.54. The first-order chi connectivity index (χ1) is 13.0. The number of anilines is 1. The Morgan fingerprint density at radius 3 is 2.70 bits per heavy atom. The zero-order valence-electron chi connectivity index (χ0n) is 15.4. The Bertz CT molecular complexity index is 991. The van der Waals surface area contributed by atoms with E-state index in [4.69, 9.17) is 0 Å². The Morgan fingerprint density at radius 2 is 2.00 bits per heavy atom. The van der Waals surface area contributed by atoms with Gasteiger partial charge in [0.1, 0.15) is 5.69 Å². The largest absolute Gasteiger partial charge is 0.320 e. The van der Waals surface area contributed by atoms with Crippen LogP contribution in [-0.4, -0.2) is 41.2 Å². The van der Waals surface area contributed by atoms with Crippen LogP contribution in [0.1, 0.15) is 19.0 Å². The van der Waals surface area contributed by atoms with Gasteiger partial charge in [0.2, 0.25) is 11.1 Å². The molecular weight excluding hydrogens is 366 g/mol. The second kappa shape index (κ2) is 8.21. The van der Waals surface area contributed by atoms with E-state index in [-0.39, 0.29) is 17.9 Å². The number of nitrogens with one attached hydrogen (secondary N) is 1. The van der Waals surface area contributed by atoms with Gasteiger partial charge in [0.25, 0.3) is 5.56 Å². The minimum Gasteiger partial charge on any atom is -0.320 e. The number of amides is 1. The van der Waals surface area contributed by atoms with Gasteiger partial charge < -0.3 is 5.32 Å². The highest BCUT2D eigenvalue weighted by atomic mass is 32.2.